The molecule has 0 bridgehead atoms. The minimum absolute atomic E-state index is 0.438. The highest BCUT2D eigenvalue weighted by Gasteiger charge is 2.31. The van der Waals surface area contributed by atoms with Gasteiger partial charge in [0, 0.05) is 16.6 Å². The summed E-state index contributed by atoms with van der Waals surface area (Å²) < 4.78 is 7.36. The molecule has 1 aromatic carbocycles. The number of carboxylic acids is 1. The van der Waals surface area contributed by atoms with Crippen molar-refractivity contribution in [1.82, 2.24) is 9.38 Å². The zero-order valence-electron chi connectivity index (χ0n) is 12.7. The minimum atomic E-state index is -0.752. The van der Waals surface area contributed by atoms with Crippen LogP contribution in [0.4, 0.5) is 0 Å². The Morgan fingerprint density at radius 3 is 3.04 bits per heavy atom. The van der Waals surface area contributed by atoms with Gasteiger partial charge in [-0.3, -0.25) is 9.20 Å². The number of para-hydroxylation sites is 1. The standard InChI is InChI=1S/C17H16N2O3S/c1-22-13-7-3-2-5-10(13)12-9-19-15-11(16(20)21)6-4-8-14(15)23-17(19)18-12/h2-3,5,7,9,11H,4,6,8H2,1H3,(H,20,21). The zero-order chi connectivity index (χ0) is 16.0. The second-order valence-electron chi connectivity index (χ2n) is 5.67. The van der Waals surface area contributed by atoms with Gasteiger partial charge in [-0.05, 0) is 31.4 Å². The van der Waals surface area contributed by atoms with E-state index in [1.54, 1.807) is 18.4 Å². The Kier molecular flexibility index (Phi) is 3.34. The highest BCUT2D eigenvalue weighted by atomic mass is 32.1. The molecule has 1 aliphatic rings. The molecule has 1 N–H and O–H groups in total. The summed E-state index contributed by atoms with van der Waals surface area (Å²) in [6.45, 7) is 0. The lowest BCUT2D eigenvalue weighted by Crippen LogP contribution is -2.18. The van der Waals surface area contributed by atoms with Crippen LogP contribution < -0.4 is 4.74 Å². The van der Waals surface area contributed by atoms with Gasteiger partial charge in [-0.2, -0.15) is 0 Å². The molecular weight excluding hydrogens is 312 g/mol. The topological polar surface area (TPSA) is 63.8 Å². The van der Waals surface area contributed by atoms with E-state index in [1.807, 2.05) is 34.9 Å². The van der Waals surface area contributed by atoms with Crippen molar-refractivity contribution in [2.75, 3.05) is 7.11 Å². The van der Waals surface area contributed by atoms with E-state index in [2.05, 4.69) is 0 Å². The van der Waals surface area contributed by atoms with E-state index in [9.17, 15) is 9.90 Å². The molecule has 0 amide bonds. The number of carboxylic acid groups (broad SMARTS) is 1. The van der Waals surface area contributed by atoms with E-state index in [1.165, 1.54) is 0 Å². The Hall–Kier alpha value is -2.34. The number of imidazole rings is 1. The molecule has 0 saturated heterocycles. The lowest BCUT2D eigenvalue weighted by molar-refractivity contribution is -0.139. The first kappa shape index (κ1) is 14.3. The van der Waals surface area contributed by atoms with Crippen LogP contribution in [0, 0.1) is 0 Å². The fraction of sp³-hybridized carbons (Fsp3) is 0.294. The van der Waals surface area contributed by atoms with Crippen LogP contribution in [0.3, 0.4) is 0 Å². The third kappa shape index (κ3) is 2.21. The summed E-state index contributed by atoms with van der Waals surface area (Å²) in [5, 5.41) is 9.52. The number of aryl methyl sites for hydroxylation is 1. The van der Waals surface area contributed by atoms with Crippen LogP contribution >= 0.6 is 11.3 Å². The number of ether oxygens (including phenoxy) is 1. The third-order valence-corrected chi connectivity index (χ3v) is 5.47. The number of carbonyl (C=O) groups is 1. The number of methoxy groups -OCH3 is 1. The molecule has 3 aromatic rings. The molecule has 5 nitrogen and oxygen atoms in total. The second kappa shape index (κ2) is 5.38. The van der Waals surface area contributed by atoms with E-state index < -0.39 is 11.9 Å². The summed E-state index contributed by atoms with van der Waals surface area (Å²) in [5.41, 5.74) is 2.63. The Labute approximate surface area is 137 Å². The second-order valence-corrected chi connectivity index (χ2v) is 6.73. The number of hydrogen-bond donors (Lipinski definition) is 1. The SMILES string of the molecule is COc1ccccc1-c1cn2c3c(sc2n1)CCCC3C(=O)O. The molecule has 1 atom stereocenters. The Morgan fingerprint density at radius 1 is 1.43 bits per heavy atom. The number of benzene rings is 1. The first-order chi connectivity index (χ1) is 11.2. The average Bonchev–Trinajstić information content (AvgIpc) is 3.11. The molecular formula is C17H16N2O3S. The summed E-state index contributed by atoms with van der Waals surface area (Å²) in [6.07, 6.45) is 4.49. The number of nitrogens with zero attached hydrogens (tertiary/aromatic N) is 2. The molecule has 6 heteroatoms. The van der Waals surface area contributed by atoms with Crippen LogP contribution in [0.25, 0.3) is 16.2 Å². The van der Waals surface area contributed by atoms with E-state index in [0.29, 0.717) is 6.42 Å². The Balaban J connectivity index is 1.88. The van der Waals surface area contributed by atoms with Gasteiger partial charge in [-0.1, -0.05) is 12.1 Å². The largest absolute Gasteiger partial charge is 0.496 e. The zero-order valence-corrected chi connectivity index (χ0v) is 13.5. The van der Waals surface area contributed by atoms with Crippen molar-refractivity contribution in [1.29, 1.82) is 0 Å². The predicted molar refractivity (Wildman–Crippen MR) is 88.4 cm³/mol. The van der Waals surface area contributed by atoms with Gasteiger partial charge in [-0.25, -0.2) is 4.98 Å². The summed E-state index contributed by atoms with van der Waals surface area (Å²) in [4.78, 5) is 18.3. The van der Waals surface area contributed by atoms with Gasteiger partial charge < -0.3 is 9.84 Å². The first-order valence-corrected chi connectivity index (χ1v) is 8.37. The van der Waals surface area contributed by atoms with Gasteiger partial charge in [0.05, 0.1) is 24.4 Å². The molecule has 0 fully saturated rings. The average molecular weight is 328 g/mol. The van der Waals surface area contributed by atoms with E-state index in [4.69, 9.17) is 9.72 Å². The van der Waals surface area contributed by atoms with Crippen LogP contribution in [0.1, 0.15) is 29.3 Å². The molecule has 1 aliphatic carbocycles. The molecule has 0 spiro atoms. The first-order valence-electron chi connectivity index (χ1n) is 7.56. The predicted octanol–water partition coefficient (Wildman–Crippen LogP) is 3.58. The maximum Gasteiger partial charge on any atom is 0.312 e. The Bertz CT molecular complexity index is 897. The van der Waals surface area contributed by atoms with Crippen molar-refractivity contribution in [3.63, 3.8) is 0 Å². The van der Waals surface area contributed by atoms with E-state index in [0.717, 1.165) is 45.4 Å². The lowest BCUT2D eigenvalue weighted by Gasteiger charge is -2.18. The number of aliphatic carboxylic acids is 1. The van der Waals surface area contributed by atoms with Crippen LogP contribution in [0.5, 0.6) is 5.75 Å². The van der Waals surface area contributed by atoms with Crippen molar-refractivity contribution in [2.45, 2.75) is 25.2 Å². The molecule has 0 saturated carbocycles. The maximum atomic E-state index is 11.6. The van der Waals surface area contributed by atoms with Crippen LogP contribution in [-0.2, 0) is 11.2 Å². The summed E-state index contributed by atoms with van der Waals surface area (Å²) in [6, 6.07) is 7.73. The molecule has 2 aromatic heterocycles. The van der Waals surface area contributed by atoms with Crippen molar-refractivity contribution >= 4 is 22.3 Å². The van der Waals surface area contributed by atoms with Crippen molar-refractivity contribution in [2.24, 2.45) is 0 Å². The molecule has 2 heterocycles. The molecule has 4 rings (SSSR count). The molecule has 0 aliphatic heterocycles. The molecule has 0 radical (unpaired) electrons. The fourth-order valence-corrected chi connectivity index (χ4v) is 4.48. The normalized spacial score (nSPS) is 17.2. The van der Waals surface area contributed by atoms with Crippen LogP contribution in [-0.4, -0.2) is 27.6 Å². The van der Waals surface area contributed by atoms with Crippen molar-refractivity contribution in [3.05, 3.63) is 41.0 Å². The number of thiazole rings is 1. The third-order valence-electron chi connectivity index (χ3n) is 4.34. The van der Waals surface area contributed by atoms with E-state index in [-0.39, 0.29) is 0 Å². The van der Waals surface area contributed by atoms with Crippen molar-refractivity contribution in [3.8, 4) is 17.0 Å². The summed E-state index contributed by atoms with van der Waals surface area (Å²) >= 11 is 1.60. The fourth-order valence-electron chi connectivity index (χ4n) is 3.28. The van der Waals surface area contributed by atoms with Crippen molar-refractivity contribution < 1.29 is 14.6 Å². The van der Waals surface area contributed by atoms with Gasteiger partial charge in [0.2, 0.25) is 0 Å². The molecule has 118 valence electrons. The van der Waals surface area contributed by atoms with Gasteiger partial charge in [0.15, 0.2) is 4.96 Å². The molecule has 23 heavy (non-hydrogen) atoms. The molecule has 1 unspecified atom stereocenters. The minimum Gasteiger partial charge on any atom is -0.496 e. The van der Waals surface area contributed by atoms with Gasteiger partial charge in [0.25, 0.3) is 0 Å². The van der Waals surface area contributed by atoms with Gasteiger partial charge in [0.1, 0.15) is 5.75 Å². The van der Waals surface area contributed by atoms with Gasteiger partial charge in [-0.15, -0.1) is 11.3 Å². The Morgan fingerprint density at radius 2 is 2.26 bits per heavy atom. The lowest BCUT2D eigenvalue weighted by atomic mass is 9.91. The number of fused-ring (bicyclic) bond motifs is 3. The smallest absolute Gasteiger partial charge is 0.312 e. The summed E-state index contributed by atoms with van der Waals surface area (Å²) in [5.74, 6) is -0.424. The number of rotatable bonds is 3. The highest BCUT2D eigenvalue weighted by Crippen LogP contribution is 2.39. The monoisotopic (exact) mass is 328 g/mol. The van der Waals surface area contributed by atoms with E-state index >= 15 is 0 Å². The number of aromatic nitrogens is 2. The van der Waals surface area contributed by atoms with Crippen LogP contribution in [0.2, 0.25) is 0 Å². The quantitative estimate of drug-likeness (QED) is 0.798. The number of hydrogen-bond acceptors (Lipinski definition) is 4. The summed E-state index contributed by atoms with van der Waals surface area (Å²) in [7, 11) is 1.64. The van der Waals surface area contributed by atoms with Crippen LogP contribution in [0.15, 0.2) is 30.5 Å². The van der Waals surface area contributed by atoms with Gasteiger partial charge >= 0.3 is 5.97 Å². The maximum absolute atomic E-state index is 11.6. The highest BCUT2D eigenvalue weighted by molar-refractivity contribution is 7.17.